The van der Waals surface area contributed by atoms with Gasteiger partial charge >= 0.3 is 0 Å². The lowest BCUT2D eigenvalue weighted by Crippen LogP contribution is -2.41. The smallest absolute Gasteiger partial charge is 0.265 e. The molecule has 3 aromatic rings. The molecule has 182 valence electrons. The molecule has 1 heterocycles. The number of carbonyl (C=O) groups excluding carboxylic acids is 2. The molecule has 2 amide bonds. The second kappa shape index (κ2) is 11.4. The van der Waals surface area contributed by atoms with E-state index in [1.807, 2.05) is 62.4 Å². The Bertz CT molecular complexity index is 1160. The van der Waals surface area contributed by atoms with Gasteiger partial charge in [0.2, 0.25) is 5.91 Å². The van der Waals surface area contributed by atoms with Crippen LogP contribution >= 0.6 is 0 Å². The summed E-state index contributed by atoms with van der Waals surface area (Å²) in [4.78, 5) is 26.5. The maximum atomic E-state index is 12.4. The Labute approximate surface area is 205 Å². The summed E-state index contributed by atoms with van der Waals surface area (Å²) in [6, 6.07) is 20.9. The number of fused-ring (bicyclic) bond motifs is 1. The molecule has 0 spiro atoms. The maximum Gasteiger partial charge on any atom is 0.265 e. The SMILES string of the molecule is Cc1ccc(OCCCC(=O)Nc2ccc3c(c2)OCC(=O)N3CCOc2ccc(C)cc2)cc1. The molecule has 0 saturated heterocycles. The molecule has 7 nitrogen and oxygen atoms in total. The van der Waals surface area contributed by atoms with E-state index in [1.165, 1.54) is 5.56 Å². The number of nitrogens with zero attached hydrogens (tertiary/aromatic N) is 1. The largest absolute Gasteiger partial charge is 0.494 e. The van der Waals surface area contributed by atoms with E-state index in [0.717, 1.165) is 17.1 Å². The topological polar surface area (TPSA) is 77.1 Å². The maximum absolute atomic E-state index is 12.4. The van der Waals surface area contributed by atoms with Crippen molar-refractivity contribution in [2.24, 2.45) is 0 Å². The quantitative estimate of drug-likeness (QED) is 0.423. The van der Waals surface area contributed by atoms with E-state index < -0.39 is 0 Å². The number of ether oxygens (including phenoxy) is 3. The minimum atomic E-state index is -0.129. The van der Waals surface area contributed by atoms with Crippen molar-refractivity contribution < 1.29 is 23.8 Å². The molecule has 0 radical (unpaired) electrons. The predicted octanol–water partition coefficient (Wildman–Crippen LogP) is 4.91. The summed E-state index contributed by atoms with van der Waals surface area (Å²) in [5, 5.41) is 2.89. The Kier molecular flexibility index (Phi) is 7.88. The Hall–Kier alpha value is -4.00. The Balaban J connectivity index is 1.26. The first kappa shape index (κ1) is 24.1. The van der Waals surface area contributed by atoms with Gasteiger partial charge in [-0.1, -0.05) is 35.4 Å². The first-order valence-electron chi connectivity index (χ1n) is 11.7. The van der Waals surface area contributed by atoms with Gasteiger partial charge in [0.15, 0.2) is 6.61 Å². The van der Waals surface area contributed by atoms with E-state index >= 15 is 0 Å². The number of anilines is 2. The molecular weight excluding hydrogens is 444 g/mol. The van der Waals surface area contributed by atoms with E-state index in [4.69, 9.17) is 14.2 Å². The molecule has 0 bridgehead atoms. The molecule has 4 rings (SSSR count). The van der Waals surface area contributed by atoms with Gasteiger partial charge < -0.3 is 24.4 Å². The lowest BCUT2D eigenvalue weighted by atomic mass is 10.2. The summed E-state index contributed by atoms with van der Waals surface area (Å²) in [6.07, 6.45) is 0.940. The van der Waals surface area contributed by atoms with Crippen molar-refractivity contribution in [2.45, 2.75) is 26.7 Å². The van der Waals surface area contributed by atoms with Crippen LogP contribution in [0.2, 0.25) is 0 Å². The van der Waals surface area contributed by atoms with E-state index in [2.05, 4.69) is 5.32 Å². The Morgan fingerprint density at radius 3 is 2.20 bits per heavy atom. The summed E-state index contributed by atoms with van der Waals surface area (Å²) in [5.41, 5.74) is 3.62. The van der Waals surface area contributed by atoms with Crippen LogP contribution in [0.25, 0.3) is 0 Å². The fraction of sp³-hybridized carbons (Fsp3) is 0.286. The standard InChI is InChI=1S/C28H30N2O5/c1-20-5-10-23(11-6-20)33-16-3-4-27(31)29-22-9-14-25-26(18-22)35-19-28(32)30(25)15-17-34-24-12-7-21(2)8-13-24/h5-14,18H,3-4,15-17,19H2,1-2H3,(H,29,31). The highest BCUT2D eigenvalue weighted by Gasteiger charge is 2.25. The highest BCUT2D eigenvalue weighted by molar-refractivity contribution is 5.99. The Morgan fingerprint density at radius 2 is 1.54 bits per heavy atom. The van der Waals surface area contributed by atoms with Gasteiger partial charge in [0, 0.05) is 18.2 Å². The fourth-order valence-electron chi connectivity index (χ4n) is 3.70. The van der Waals surface area contributed by atoms with Gasteiger partial charge in [-0.05, 0) is 56.7 Å². The summed E-state index contributed by atoms with van der Waals surface area (Å²) >= 11 is 0. The van der Waals surface area contributed by atoms with Crippen molar-refractivity contribution in [3.05, 3.63) is 77.9 Å². The van der Waals surface area contributed by atoms with Crippen molar-refractivity contribution in [3.8, 4) is 17.2 Å². The second-order valence-corrected chi connectivity index (χ2v) is 8.49. The zero-order valence-corrected chi connectivity index (χ0v) is 20.1. The minimum absolute atomic E-state index is 0.0503. The summed E-state index contributed by atoms with van der Waals surface area (Å²) in [7, 11) is 0. The molecule has 0 fully saturated rings. The molecule has 1 N–H and O–H groups in total. The number of carbonyl (C=O) groups is 2. The monoisotopic (exact) mass is 474 g/mol. The van der Waals surface area contributed by atoms with Crippen molar-refractivity contribution in [1.29, 1.82) is 0 Å². The van der Waals surface area contributed by atoms with Gasteiger partial charge in [-0.2, -0.15) is 0 Å². The van der Waals surface area contributed by atoms with Crippen molar-refractivity contribution in [1.82, 2.24) is 0 Å². The number of benzene rings is 3. The van der Waals surface area contributed by atoms with Crippen LogP contribution in [-0.2, 0) is 9.59 Å². The van der Waals surface area contributed by atoms with Crippen LogP contribution in [0, 0.1) is 13.8 Å². The highest BCUT2D eigenvalue weighted by atomic mass is 16.5. The number of nitrogens with one attached hydrogen (secondary N) is 1. The molecule has 35 heavy (non-hydrogen) atoms. The van der Waals surface area contributed by atoms with Gasteiger partial charge in [-0.15, -0.1) is 0 Å². The first-order chi connectivity index (χ1) is 17.0. The second-order valence-electron chi connectivity index (χ2n) is 8.49. The average molecular weight is 475 g/mol. The summed E-state index contributed by atoms with van der Waals surface area (Å²) in [6.45, 7) is 5.21. The van der Waals surface area contributed by atoms with Gasteiger partial charge in [-0.3, -0.25) is 9.59 Å². The first-order valence-corrected chi connectivity index (χ1v) is 11.7. The third-order valence-electron chi connectivity index (χ3n) is 5.63. The highest BCUT2D eigenvalue weighted by Crippen LogP contribution is 2.34. The zero-order chi connectivity index (χ0) is 24.6. The van der Waals surface area contributed by atoms with Crippen LogP contribution in [0.3, 0.4) is 0 Å². The van der Waals surface area contributed by atoms with Crippen LogP contribution in [0.15, 0.2) is 66.7 Å². The molecule has 0 aliphatic carbocycles. The van der Waals surface area contributed by atoms with Crippen LogP contribution in [0.5, 0.6) is 17.2 Å². The molecule has 0 saturated carbocycles. The van der Waals surface area contributed by atoms with Crippen molar-refractivity contribution in [3.63, 3.8) is 0 Å². The van der Waals surface area contributed by atoms with E-state index in [-0.39, 0.29) is 18.4 Å². The summed E-state index contributed by atoms with van der Waals surface area (Å²) in [5.74, 6) is 1.88. The molecule has 0 atom stereocenters. The van der Waals surface area contributed by atoms with Crippen LogP contribution in [0.1, 0.15) is 24.0 Å². The number of rotatable bonds is 10. The average Bonchev–Trinajstić information content (AvgIpc) is 2.85. The minimum Gasteiger partial charge on any atom is -0.494 e. The molecule has 0 unspecified atom stereocenters. The van der Waals surface area contributed by atoms with Crippen LogP contribution in [-0.4, -0.2) is 38.2 Å². The van der Waals surface area contributed by atoms with Gasteiger partial charge in [0.25, 0.3) is 5.91 Å². The van der Waals surface area contributed by atoms with E-state index in [0.29, 0.717) is 49.7 Å². The third kappa shape index (κ3) is 6.76. The number of amides is 2. The van der Waals surface area contributed by atoms with Crippen molar-refractivity contribution in [2.75, 3.05) is 36.6 Å². The fourth-order valence-corrected chi connectivity index (χ4v) is 3.70. The number of aryl methyl sites for hydroxylation is 2. The molecule has 7 heteroatoms. The third-order valence-corrected chi connectivity index (χ3v) is 5.63. The van der Waals surface area contributed by atoms with E-state index in [1.54, 1.807) is 23.1 Å². The molecule has 0 aromatic heterocycles. The lowest BCUT2D eigenvalue weighted by molar-refractivity contribution is -0.121. The van der Waals surface area contributed by atoms with Gasteiger partial charge in [-0.25, -0.2) is 0 Å². The molecule has 1 aliphatic rings. The van der Waals surface area contributed by atoms with Crippen LogP contribution in [0.4, 0.5) is 11.4 Å². The van der Waals surface area contributed by atoms with Crippen molar-refractivity contribution >= 4 is 23.2 Å². The van der Waals surface area contributed by atoms with Gasteiger partial charge in [0.1, 0.15) is 23.9 Å². The van der Waals surface area contributed by atoms with E-state index in [9.17, 15) is 9.59 Å². The lowest BCUT2D eigenvalue weighted by Gasteiger charge is -2.29. The zero-order valence-electron chi connectivity index (χ0n) is 20.1. The normalized spacial score (nSPS) is 12.5. The van der Waals surface area contributed by atoms with Crippen LogP contribution < -0.4 is 24.4 Å². The molecular formula is C28H30N2O5. The molecule has 3 aromatic carbocycles. The number of hydrogen-bond acceptors (Lipinski definition) is 5. The summed E-state index contributed by atoms with van der Waals surface area (Å²) < 4.78 is 17.1. The Morgan fingerprint density at radius 1 is 0.914 bits per heavy atom. The number of hydrogen-bond donors (Lipinski definition) is 1. The molecule has 1 aliphatic heterocycles. The van der Waals surface area contributed by atoms with Gasteiger partial charge in [0.05, 0.1) is 18.8 Å². The predicted molar refractivity (Wildman–Crippen MR) is 136 cm³/mol.